The highest BCUT2D eigenvalue weighted by molar-refractivity contribution is 5.81. The number of rotatable bonds is 4. The van der Waals surface area contributed by atoms with Gasteiger partial charge in [0.1, 0.15) is 5.78 Å². The first kappa shape index (κ1) is 22.3. The maximum atomic E-state index is 12.5. The molecule has 2 N–H and O–H groups in total. The molecule has 3 heteroatoms. The van der Waals surface area contributed by atoms with Gasteiger partial charge in [-0.1, -0.05) is 50.5 Å². The normalized spacial score (nSPS) is 44.8. The molecule has 0 aromatic carbocycles. The molecular weight excluding hydrogens is 372 g/mol. The van der Waals surface area contributed by atoms with Crippen LogP contribution in [0.3, 0.4) is 0 Å². The van der Waals surface area contributed by atoms with E-state index >= 15 is 0 Å². The number of Topliss-reactive ketones (excluding diaryl/α,β-unsaturated/α-hetero) is 1. The smallest absolute Gasteiger partial charge is 0.137 e. The summed E-state index contributed by atoms with van der Waals surface area (Å²) < 4.78 is 0. The summed E-state index contributed by atoms with van der Waals surface area (Å²) in [7, 11) is 0. The van der Waals surface area contributed by atoms with E-state index in [0.29, 0.717) is 36.4 Å². The van der Waals surface area contributed by atoms with Gasteiger partial charge in [0, 0.05) is 12.8 Å². The summed E-state index contributed by atoms with van der Waals surface area (Å²) in [6.07, 6.45) is 10.0. The molecule has 0 spiro atoms. The molecule has 0 saturated heterocycles. The Labute approximate surface area is 183 Å². The van der Waals surface area contributed by atoms with Gasteiger partial charge < -0.3 is 10.2 Å². The molecule has 3 nitrogen and oxygen atoms in total. The van der Waals surface area contributed by atoms with E-state index in [2.05, 4.69) is 40.7 Å². The first-order chi connectivity index (χ1) is 14.1. The number of hydrogen-bond acceptors (Lipinski definition) is 3. The van der Waals surface area contributed by atoms with Crippen LogP contribution in [0.4, 0.5) is 0 Å². The number of aliphatic hydroxyl groups is 2. The number of ketones is 1. The summed E-state index contributed by atoms with van der Waals surface area (Å²) in [5.74, 6) is 2.01. The average Bonchev–Trinajstić information content (AvgIpc) is 3.00. The van der Waals surface area contributed by atoms with Crippen molar-refractivity contribution in [3.8, 4) is 0 Å². The van der Waals surface area contributed by atoms with E-state index in [1.165, 1.54) is 17.6 Å². The van der Waals surface area contributed by atoms with Crippen molar-refractivity contribution < 1.29 is 15.0 Å². The average molecular weight is 415 g/mol. The maximum absolute atomic E-state index is 12.5. The summed E-state index contributed by atoms with van der Waals surface area (Å²) in [5.41, 5.74) is 4.59. The van der Waals surface area contributed by atoms with Crippen LogP contribution in [0.15, 0.2) is 22.8 Å². The Morgan fingerprint density at radius 2 is 1.87 bits per heavy atom. The van der Waals surface area contributed by atoms with E-state index in [-0.39, 0.29) is 29.0 Å². The van der Waals surface area contributed by atoms with Gasteiger partial charge in [0.05, 0.1) is 12.2 Å². The van der Waals surface area contributed by atoms with Crippen molar-refractivity contribution in [2.24, 2.45) is 34.5 Å². The van der Waals surface area contributed by atoms with E-state index in [0.717, 1.165) is 38.5 Å². The van der Waals surface area contributed by atoms with Crippen molar-refractivity contribution >= 4 is 5.78 Å². The highest BCUT2D eigenvalue weighted by atomic mass is 16.3. The third kappa shape index (κ3) is 3.54. The Morgan fingerprint density at radius 3 is 2.57 bits per heavy atom. The van der Waals surface area contributed by atoms with Crippen LogP contribution in [0.5, 0.6) is 0 Å². The lowest BCUT2D eigenvalue weighted by Gasteiger charge is -2.57. The molecule has 0 amide bonds. The zero-order chi connectivity index (χ0) is 21.8. The molecule has 168 valence electrons. The fourth-order valence-corrected chi connectivity index (χ4v) is 8.00. The second-order valence-corrected chi connectivity index (χ2v) is 11.9. The first-order valence-electron chi connectivity index (χ1n) is 12.3. The molecule has 4 rings (SSSR count). The minimum Gasteiger partial charge on any atom is -0.393 e. The first-order valence-corrected chi connectivity index (χ1v) is 12.3. The molecular formula is C27H42O3. The Morgan fingerprint density at radius 1 is 1.13 bits per heavy atom. The molecule has 3 saturated carbocycles. The van der Waals surface area contributed by atoms with Crippen molar-refractivity contribution in [2.45, 2.75) is 105 Å². The van der Waals surface area contributed by atoms with Crippen LogP contribution >= 0.6 is 0 Å². The minimum absolute atomic E-state index is 0.0393. The van der Waals surface area contributed by atoms with Crippen molar-refractivity contribution in [1.82, 2.24) is 0 Å². The lowest BCUT2D eigenvalue weighted by atomic mass is 9.48. The van der Waals surface area contributed by atoms with Gasteiger partial charge in [0.25, 0.3) is 0 Å². The van der Waals surface area contributed by atoms with Crippen molar-refractivity contribution in [1.29, 1.82) is 0 Å². The maximum Gasteiger partial charge on any atom is 0.137 e. The second kappa shape index (κ2) is 7.89. The molecule has 0 aromatic rings. The molecule has 30 heavy (non-hydrogen) atoms. The fraction of sp³-hybridized carbons (Fsp3) is 0.815. The van der Waals surface area contributed by atoms with Crippen molar-refractivity contribution in [3.63, 3.8) is 0 Å². The third-order valence-electron chi connectivity index (χ3n) is 9.42. The predicted octanol–water partition coefficient (Wildman–Crippen LogP) is 5.60. The quantitative estimate of drug-likeness (QED) is 0.589. The topological polar surface area (TPSA) is 57.5 Å². The number of fused-ring (bicyclic) bond motifs is 5. The molecule has 4 aliphatic carbocycles. The second-order valence-electron chi connectivity index (χ2n) is 11.9. The predicted molar refractivity (Wildman–Crippen MR) is 121 cm³/mol. The van der Waals surface area contributed by atoms with Gasteiger partial charge in [0.15, 0.2) is 0 Å². The van der Waals surface area contributed by atoms with Crippen molar-refractivity contribution in [3.05, 3.63) is 22.8 Å². The van der Waals surface area contributed by atoms with E-state index in [4.69, 9.17) is 0 Å². The van der Waals surface area contributed by atoms with E-state index in [1.807, 2.05) is 0 Å². The summed E-state index contributed by atoms with van der Waals surface area (Å²) in [4.78, 5) is 12.5. The van der Waals surface area contributed by atoms with Crippen LogP contribution in [-0.2, 0) is 4.79 Å². The van der Waals surface area contributed by atoms with Gasteiger partial charge in [-0.2, -0.15) is 0 Å². The molecule has 7 atom stereocenters. The molecule has 0 radical (unpaired) electrons. The van der Waals surface area contributed by atoms with Gasteiger partial charge in [0.2, 0.25) is 0 Å². The number of hydrogen-bond donors (Lipinski definition) is 2. The van der Waals surface area contributed by atoms with Crippen LogP contribution in [0.25, 0.3) is 0 Å². The summed E-state index contributed by atoms with van der Waals surface area (Å²) in [5, 5.41) is 21.3. The molecule has 0 aromatic heterocycles. The fourth-order valence-electron chi connectivity index (χ4n) is 8.00. The van der Waals surface area contributed by atoms with Crippen LogP contribution < -0.4 is 0 Å². The van der Waals surface area contributed by atoms with Gasteiger partial charge in [-0.25, -0.2) is 0 Å². The van der Waals surface area contributed by atoms with E-state index < -0.39 is 0 Å². The Hall–Kier alpha value is -0.930. The van der Waals surface area contributed by atoms with Crippen LogP contribution in [-0.4, -0.2) is 28.2 Å². The monoisotopic (exact) mass is 414 g/mol. The van der Waals surface area contributed by atoms with Gasteiger partial charge in [-0.3, -0.25) is 4.79 Å². The van der Waals surface area contributed by atoms with Crippen LogP contribution in [0, 0.1) is 34.5 Å². The third-order valence-corrected chi connectivity index (χ3v) is 9.42. The number of aliphatic hydroxyl groups excluding tert-OH is 2. The summed E-state index contributed by atoms with van der Waals surface area (Å²) in [6.45, 7) is 11.2. The number of allylic oxidation sites excluding steroid dienone is 4. The number of carbonyl (C=O) groups excluding carboxylic acids is 1. The Bertz CT molecular complexity index is 762. The van der Waals surface area contributed by atoms with Gasteiger partial charge in [-0.05, 0) is 86.4 Å². The zero-order valence-electron chi connectivity index (χ0n) is 19.7. The van der Waals surface area contributed by atoms with Crippen molar-refractivity contribution in [2.75, 3.05) is 0 Å². The lowest BCUT2D eigenvalue weighted by Crippen LogP contribution is -2.53. The molecule has 3 fully saturated rings. The molecule has 0 bridgehead atoms. The molecule has 0 heterocycles. The van der Waals surface area contributed by atoms with Gasteiger partial charge in [-0.15, -0.1) is 0 Å². The SMILES string of the molecule is C/C(CC(=O)CC(C)C)=C1/CC[C@H]2[C@@H]3C[C@H](O)[C@H]4C[C@@H](O)CC[C@]4(C)C3=CC[C@]12C. The van der Waals surface area contributed by atoms with Crippen LogP contribution in [0.2, 0.25) is 0 Å². The summed E-state index contributed by atoms with van der Waals surface area (Å²) >= 11 is 0. The molecule has 4 aliphatic rings. The lowest BCUT2D eigenvalue weighted by molar-refractivity contribution is -0.119. The molecule has 0 unspecified atom stereocenters. The largest absolute Gasteiger partial charge is 0.393 e. The Balaban J connectivity index is 1.63. The van der Waals surface area contributed by atoms with Gasteiger partial charge >= 0.3 is 0 Å². The minimum atomic E-state index is -0.309. The van der Waals surface area contributed by atoms with E-state index in [1.54, 1.807) is 5.57 Å². The Kier molecular flexibility index (Phi) is 5.85. The standard InChI is InChI=1S/C27H42O3/c1-16(2)12-19(29)13-17(3)21-6-7-22-20-15-25(30)24-14-18(28)8-10-27(24,5)23(20)9-11-26(21,22)4/h9,16,18,20,22,24-25,28,30H,6-8,10-15H2,1-5H3/b21-17+/t18-,20-,22-,24+,25-,26+,27+/m0/s1. The van der Waals surface area contributed by atoms with Crippen LogP contribution in [0.1, 0.15) is 92.4 Å². The zero-order valence-corrected chi connectivity index (χ0v) is 19.7. The van der Waals surface area contributed by atoms with E-state index in [9.17, 15) is 15.0 Å². The molecule has 0 aliphatic heterocycles. The summed E-state index contributed by atoms with van der Waals surface area (Å²) in [6, 6.07) is 0. The highest BCUT2D eigenvalue weighted by Gasteiger charge is 2.58. The number of carbonyl (C=O) groups is 1. The highest BCUT2D eigenvalue weighted by Crippen LogP contribution is 2.65.